The lowest BCUT2D eigenvalue weighted by atomic mass is 9.90. The molecule has 6 rings (SSSR count). The number of ether oxygens (including phenoxy) is 1. The van der Waals surface area contributed by atoms with Gasteiger partial charge in [-0.05, 0) is 93.5 Å². The van der Waals surface area contributed by atoms with E-state index in [0.29, 0.717) is 46.2 Å². The van der Waals surface area contributed by atoms with Crippen LogP contribution in [0.1, 0.15) is 62.4 Å². The van der Waals surface area contributed by atoms with Crippen LogP contribution in [-0.4, -0.2) is 50.4 Å². The zero-order chi connectivity index (χ0) is 31.3. The summed E-state index contributed by atoms with van der Waals surface area (Å²) in [6.07, 6.45) is 4.06. The first kappa shape index (κ1) is 29.3. The normalized spacial score (nSPS) is 19.6. The molecular formula is C34H33F2N5O3. The molecule has 2 aliphatic rings. The van der Waals surface area contributed by atoms with Gasteiger partial charge >= 0.3 is 6.09 Å². The zero-order valence-electron chi connectivity index (χ0n) is 25.0. The number of nitrogens with one attached hydrogen (secondary N) is 1. The molecule has 8 nitrogen and oxygen atoms in total. The minimum absolute atomic E-state index is 0.0536. The Kier molecular flexibility index (Phi) is 7.36. The number of rotatable bonds is 4. The van der Waals surface area contributed by atoms with Gasteiger partial charge in [0.05, 0.1) is 17.3 Å². The summed E-state index contributed by atoms with van der Waals surface area (Å²) in [5.41, 5.74) is 1.97. The van der Waals surface area contributed by atoms with E-state index >= 15 is 4.39 Å². The number of hydrogen-bond acceptors (Lipinski definition) is 5. The van der Waals surface area contributed by atoms with Gasteiger partial charge in [0.25, 0.3) is 5.91 Å². The van der Waals surface area contributed by atoms with Crippen molar-refractivity contribution in [2.24, 2.45) is 7.05 Å². The smallest absolute Gasteiger partial charge is 0.407 e. The number of nitrogens with zero attached hydrogens (tertiary/aromatic N) is 4. The number of halogens is 2. The van der Waals surface area contributed by atoms with Crippen molar-refractivity contribution in [2.75, 3.05) is 0 Å². The number of benzene rings is 3. The maximum Gasteiger partial charge on any atom is 0.407 e. The van der Waals surface area contributed by atoms with E-state index in [-0.39, 0.29) is 29.6 Å². The SMILES string of the molecule is Cn1ncc2cc(-c3ccc(C(=O)N4[C@@H]5CC[C@H]4CC(NC(=O)OC(C)(C)C)C5)cc3-c3ccc(C#N)c(F)c3)c(F)cc21. The maximum atomic E-state index is 15.6. The van der Waals surface area contributed by atoms with Crippen LogP contribution in [0.15, 0.2) is 54.7 Å². The third kappa shape index (κ3) is 5.50. The summed E-state index contributed by atoms with van der Waals surface area (Å²) in [6, 6.07) is 14.0. The van der Waals surface area contributed by atoms with E-state index < -0.39 is 23.3 Å². The minimum atomic E-state index is -0.700. The van der Waals surface area contributed by atoms with Gasteiger partial charge in [-0.1, -0.05) is 12.1 Å². The Hall–Kier alpha value is -4.78. The molecule has 0 spiro atoms. The number of piperidine rings is 1. The number of aromatic nitrogens is 2. The van der Waals surface area contributed by atoms with E-state index in [0.717, 1.165) is 18.2 Å². The maximum absolute atomic E-state index is 15.6. The van der Waals surface area contributed by atoms with Crippen LogP contribution in [0, 0.1) is 23.0 Å². The van der Waals surface area contributed by atoms with Crippen molar-refractivity contribution in [3.8, 4) is 28.3 Å². The topological polar surface area (TPSA) is 100 Å². The quantitative estimate of drug-likeness (QED) is 0.282. The first-order valence-electron chi connectivity index (χ1n) is 14.7. The van der Waals surface area contributed by atoms with Crippen LogP contribution in [0.5, 0.6) is 0 Å². The fourth-order valence-corrected chi connectivity index (χ4v) is 6.55. The number of alkyl carbamates (subject to hydrolysis) is 1. The second-order valence-electron chi connectivity index (χ2n) is 12.6. The van der Waals surface area contributed by atoms with Gasteiger partial charge in [0.2, 0.25) is 0 Å². The standard InChI is InChI=1S/C34H33F2N5O3/c1-34(2,3)44-33(43)39-23-14-24-8-9-25(15-23)41(24)32(42)20-7-10-26(27(11-20)19-5-6-21(17-37)29(35)13-19)28-12-22-18-38-40(4)31(22)16-30(28)36/h5-7,10-13,16,18,23-25H,8-9,14-15H2,1-4H3,(H,39,43)/t23?,24-,25+. The van der Waals surface area contributed by atoms with Crippen LogP contribution in [-0.2, 0) is 11.8 Å². The monoisotopic (exact) mass is 597 g/mol. The molecule has 226 valence electrons. The fraction of sp³-hybridized carbons (Fsp3) is 0.353. The highest BCUT2D eigenvalue weighted by molar-refractivity contribution is 5.99. The summed E-state index contributed by atoms with van der Waals surface area (Å²) >= 11 is 0. The van der Waals surface area contributed by atoms with Gasteiger partial charge in [0, 0.05) is 47.8 Å². The van der Waals surface area contributed by atoms with Crippen molar-refractivity contribution in [3.63, 3.8) is 0 Å². The summed E-state index contributed by atoms with van der Waals surface area (Å²) in [5, 5.41) is 17.2. The molecule has 2 bridgehead atoms. The zero-order valence-corrected chi connectivity index (χ0v) is 25.0. The molecule has 2 amide bonds. The third-order valence-electron chi connectivity index (χ3n) is 8.48. The number of fused-ring (bicyclic) bond motifs is 3. The molecule has 1 aromatic heterocycles. The van der Waals surface area contributed by atoms with E-state index in [1.165, 1.54) is 18.2 Å². The number of nitriles is 1. The van der Waals surface area contributed by atoms with E-state index in [1.54, 1.807) is 48.3 Å². The lowest BCUT2D eigenvalue weighted by molar-refractivity contribution is 0.0418. The Bertz CT molecular complexity index is 1820. The van der Waals surface area contributed by atoms with E-state index in [9.17, 15) is 19.2 Å². The van der Waals surface area contributed by atoms with Crippen LogP contribution >= 0.6 is 0 Å². The van der Waals surface area contributed by atoms with Gasteiger partial charge in [-0.15, -0.1) is 0 Å². The van der Waals surface area contributed by atoms with Crippen LogP contribution in [0.2, 0.25) is 0 Å². The second kappa shape index (κ2) is 11.1. The van der Waals surface area contributed by atoms with Crippen molar-refractivity contribution in [3.05, 3.63) is 77.5 Å². The van der Waals surface area contributed by atoms with Crippen LogP contribution in [0.4, 0.5) is 13.6 Å². The van der Waals surface area contributed by atoms with Crippen LogP contribution in [0.25, 0.3) is 33.2 Å². The molecule has 44 heavy (non-hydrogen) atoms. The summed E-state index contributed by atoms with van der Waals surface area (Å²) in [7, 11) is 1.73. The summed E-state index contributed by atoms with van der Waals surface area (Å²) in [6.45, 7) is 5.44. The molecule has 3 heterocycles. The lowest BCUT2D eigenvalue weighted by Crippen LogP contribution is -2.53. The first-order chi connectivity index (χ1) is 20.9. The van der Waals surface area contributed by atoms with Crippen molar-refractivity contribution in [1.29, 1.82) is 5.26 Å². The lowest BCUT2D eigenvalue weighted by Gasteiger charge is -2.39. The van der Waals surface area contributed by atoms with Gasteiger partial charge in [-0.25, -0.2) is 13.6 Å². The Morgan fingerprint density at radius 1 is 0.977 bits per heavy atom. The molecule has 4 aromatic rings. The van der Waals surface area contributed by atoms with E-state index in [4.69, 9.17) is 4.74 Å². The molecular weight excluding hydrogens is 564 g/mol. The Morgan fingerprint density at radius 2 is 1.70 bits per heavy atom. The molecule has 0 saturated carbocycles. The van der Waals surface area contributed by atoms with Crippen molar-refractivity contribution in [2.45, 2.75) is 70.2 Å². The summed E-state index contributed by atoms with van der Waals surface area (Å²) in [4.78, 5) is 28.3. The highest BCUT2D eigenvalue weighted by Crippen LogP contribution is 2.40. The van der Waals surface area contributed by atoms with E-state index in [1.807, 2.05) is 31.7 Å². The average molecular weight is 598 g/mol. The van der Waals surface area contributed by atoms with Crippen molar-refractivity contribution < 1.29 is 23.1 Å². The predicted molar refractivity (Wildman–Crippen MR) is 162 cm³/mol. The molecule has 10 heteroatoms. The molecule has 3 aromatic carbocycles. The second-order valence-corrected chi connectivity index (χ2v) is 12.6. The predicted octanol–water partition coefficient (Wildman–Crippen LogP) is 6.72. The van der Waals surface area contributed by atoms with Crippen molar-refractivity contribution >= 4 is 22.9 Å². The third-order valence-corrected chi connectivity index (χ3v) is 8.48. The Balaban J connectivity index is 1.35. The highest BCUT2D eigenvalue weighted by Gasteiger charge is 2.44. The Morgan fingerprint density at radius 3 is 2.36 bits per heavy atom. The largest absolute Gasteiger partial charge is 0.444 e. The molecule has 3 atom stereocenters. The molecule has 2 saturated heterocycles. The Labute approximate surface area is 254 Å². The number of carbonyl (C=O) groups is 2. The van der Waals surface area contributed by atoms with Crippen molar-refractivity contribution in [1.82, 2.24) is 20.0 Å². The van der Waals surface area contributed by atoms with Crippen LogP contribution in [0.3, 0.4) is 0 Å². The number of amides is 2. The highest BCUT2D eigenvalue weighted by atomic mass is 19.1. The number of aryl methyl sites for hydroxylation is 1. The summed E-state index contributed by atoms with van der Waals surface area (Å²) < 4.78 is 37.4. The molecule has 0 aliphatic carbocycles. The average Bonchev–Trinajstić information content (AvgIpc) is 3.45. The van der Waals surface area contributed by atoms with Crippen LogP contribution < -0.4 is 5.32 Å². The summed E-state index contributed by atoms with van der Waals surface area (Å²) in [5.74, 6) is -1.35. The molecule has 2 fully saturated rings. The van der Waals surface area contributed by atoms with Gasteiger partial charge in [-0.3, -0.25) is 9.48 Å². The number of carbonyl (C=O) groups excluding carboxylic acids is 2. The van der Waals surface area contributed by atoms with Gasteiger partial charge in [-0.2, -0.15) is 10.4 Å². The first-order valence-corrected chi connectivity index (χ1v) is 14.7. The van der Waals surface area contributed by atoms with E-state index in [2.05, 4.69) is 10.4 Å². The van der Waals surface area contributed by atoms with Gasteiger partial charge < -0.3 is 15.0 Å². The molecule has 1 N–H and O–H groups in total. The number of hydrogen-bond donors (Lipinski definition) is 1. The molecule has 1 unspecified atom stereocenters. The molecule has 2 aliphatic heterocycles. The van der Waals surface area contributed by atoms with Gasteiger partial charge in [0.1, 0.15) is 23.3 Å². The van der Waals surface area contributed by atoms with Gasteiger partial charge in [0.15, 0.2) is 0 Å². The fourth-order valence-electron chi connectivity index (χ4n) is 6.55. The minimum Gasteiger partial charge on any atom is -0.444 e. The molecule has 0 radical (unpaired) electrons.